The van der Waals surface area contributed by atoms with Crippen LogP contribution in [0.2, 0.25) is 0 Å². The maximum absolute atomic E-state index is 13.1. The SMILES string of the molecule is C#C[C@@]1(C)[C@@H](COC(Cc2ccccc2)(C(C)=O)C(=O)OCC)O[C@@H](n2ccc(=O)[nH]c2=O)[C@@H]1OC(C)=O. The van der Waals surface area contributed by atoms with E-state index in [0.29, 0.717) is 5.56 Å². The summed E-state index contributed by atoms with van der Waals surface area (Å²) < 4.78 is 23.9. The summed E-state index contributed by atoms with van der Waals surface area (Å²) in [6, 6.07) is 9.91. The van der Waals surface area contributed by atoms with Gasteiger partial charge in [-0.25, -0.2) is 9.59 Å². The van der Waals surface area contributed by atoms with Gasteiger partial charge in [-0.05, 0) is 26.3 Å². The van der Waals surface area contributed by atoms with Crippen LogP contribution in [0, 0.1) is 17.8 Å². The van der Waals surface area contributed by atoms with E-state index in [2.05, 4.69) is 10.9 Å². The van der Waals surface area contributed by atoms with Crippen LogP contribution >= 0.6 is 0 Å². The molecular formula is C27H30N2O9. The highest BCUT2D eigenvalue weighted by Crippen LogP contribution is 2.45. The molecule has 0 radical (unpaired) electrons. The van der Waals surface area contributed by atoms with Gasteiger partial charge in [-0.3, -0.25) is 23.9 Å². The molecule has 11 heteroatoms. The molecule has 1 aromatic heterocycles. The van der Waals surface area contributed by atoms with Crippen LogP contribution in [0.25, 0.3) is 0 Å². The molecule has 202 valence electrons. The molecule has 1 aromatic carbocycles. The maximum Gasteiger partial charge on any atom is 0.346 e. The largest absolute Gasteiger partial charge is 0.463 e. The predicted molar refractivity (Wildman–Crippen MR) is 134 cm³/mol. The summed E-state index contributed by atoms with van der Waals surface area (Å²) >= 11 is 0. The Hall–Kier alpha value is -4.01. The number of hydrogen-bond acceptors (Lipinski definition) is 9. The number of rotatable bonds is 10. The number of aromatic amines is 1. The Morgan fingerprint density at radius 3 is 2.42 bits per heavy atom. The second kappa shape index (κ2) is 11.6. The van der Waals surface area contributed by atoms with E-state index in [9.17, 15) is 24.0 Å². The van der Waals surface area contributed by atoms with E-state index in [1.165, 1.54) is 20.0 Å². The summed E-state index contributed by atoms with van der Waals surface area (Å²) in [4.78, 5) is 64.3. The summed E-state index contributed by atoms with van der Waals surface area (Å²) in [7, 11) is 0. The van der Waals surface area contributed by atoms with Crippen molar-refractivity contribution < 1.29 is 33.3 Å². The summed E-state index contributed by atoms with van der Waals surface area (Å²) in [5, 5.41) is 0. The minimum Gasteiger partial charge on any atom is -0.463 e. The van der Waals surface area contributed by atoms with Crippen molar-refractivity contribution in [3.05, 3.63) is 69.0 Å². The Bertz CT molecular complexity index is 1340. The number of Topliss-reactive ketones (excluding diaryl/α,β-unsaturated/α-hetero) is 1. The van der Waals surface area contributed by atoms with Crippen LogP contribution in [0.5, 0.6) is 0 Å². The molecule has 0 amide bonds. The second-order valence-electron chi connectivity index (χ2n) is 9.07. The smallest absolute Gasteiger partial charge is 0.346 e. The van der Waals surface area contributed by atoms with Gasteiger partial charge in [0.15, 0.2) is 18.1 Å². The van der Waals surface area contributed by atoms with Gasteiger partial charge in [0, 0.05) is 25.6 Å². The Labute approximate surface area is 219 Å². The monoisotopic (exact) mass is 526 g/mol. The van der Waals surface area contributed by atoms with Crippen molar-refractivity contribution in [1.29, 1.82) is 0 Å². The normalized spacial score (nSPS) is 24.1. The number of nitrogens with zero attached hydrogens (tertiary/aromatic N) is 1. The van der Waals surface area contributed by atoms with Crippen LogP contribution in [0.3, 0.4) is 0 Å². The highest BCUT2D eigenvalue weighted by Gasteiger charge is 2.57. The first-order chi connectivity index (χ1) is 18.0. The average molecular weight is 527 g/mol. The van der Waals surface area contributed by atoms with Gasteiger partial charge in [0.05, 0.1) is 18.6 Å². The average Bonchev–Trinajstić information content (AvgIpc) is 3.13. The lowest BCUT2D eigenvalue weighted by Crippen LogP contribution is -2.53. The molecular weight excluding hydrogens is 496 g/mol. The molecule has 0 spiro atoms. The number of nitrogens with one attached hydrogen (secondary N) is 1. The number of ether oxygens (including phenoxy) is 4. The van der Waals surface area contributed by atoms with Crippen molar-refractivity contribution in [1.82, 2.24) is 9.55 Å². The number of benzene rings is 1. The van der Waals surface area contributed by atoms with E-state index < -0.39 is 65.0 Å². The molecule has 1 aliphatic rings. The van der Waals surface area contributed by atoms with Crippen molar-refractivity contribution in [3.63, 3.8) is 0 Å². The van der Waals surface area contributed by atoms with Gasteiger partial charge >= 0.3 is 17.6 Å². The number of terminal acetylenes is 1. The first-order valence-corrected chi connectivity index (χ1v) is 12.0. The highest BCUT2D eigenvalue weighted by atomic mass is 16.6. The molecule has 1 fully saturated rings. The van der Waals surface area contributed by atoms with E-state index in [4.69, 9.17) is 25.4 Å². The Morgan fingerprint density at radius 1 is 1.18 bits per heavy atom. The number of esters is 2. The molecule has 0 aliphatic carbocycles. The fourth-order valence-corrected chi connectivity index (χ4v) is 4.35. The number of ketones is 1. The van der Waals surface area contributed by atoms with E-state index in [0.717, 1.165) is 10.6 Å². The molecule has 0 saturated carbocycles. The third-order valence-corrected chi connectivity index (χ3v) is 6.50. The number of carbonyl (C=O) groups excluding carboxylic acids is 3. The first kappa shape index (κ1) is 28.6. The summed E-state index contributed by atoms with van der Waals surface area (Å²) in [5.74, 6) is 0.427. The molecule has 1 unspecified atom stereocenters. The lowest BCUT2D eigenvalue weighted by atomic mass is 9.81. The molecule has 5 atom stereocenters. The molecule has 2 heterocycles. The van der Waals surface area contributed by atoms with E-state index in [1.54, 1.807) is 44.2 Å². The van der Waals surface area contributed by atoms with E-state index in [-0.39, 0.29) is 13.0 Å². The zero-order valence-electron chi connectivity index (χ0n) is 21.6. The molecule has 1 saturated heterocycles. The fraction of sp³-hybridized carbons (Fsp3) is 0.444. The van der Waals surface area contributed by atoms with Gasteiger partial charge in [-0.2, -0.15) is 0 Å². The molecule has 1 N–H and O–H groups in total. The number of H-pyrrole nitrogens is 1. The fourth-order valence-electron chi connectivity index (χ4n) is 4.35. The van der Waals surface area contributed by atoms with Crippen LogP contribution < -0.4 is 11.2 Å². The molecule has 1 aliphatic heterocycles. The third kappa shape index (κ3) is 5.61. The van der Waals surface area contributed by atoms with Crippen LogP contribution in [0.1, 0.15) is 39.5 Å². The second-order valence-corrected chi connectivity index (χ2v) is 9.07. The van der Waals surface area contributed by atoms with Crippen LogP contribution in [0.4, 0.5) is 0 Å². The summed E-state index contributed by atoms with van der Waals surface area (Å²) in [5.41, 5.74) is -4.17. The van der Waals surface area contributed by atoms with Gasteiger partial charge in [0.25, 0.3) is 5.56 Å². The molecule has 38 heavy (non-hydrogen) atoms. The minimum atomic E-state index is -2.01. The highest BCUT2D eigenvalue weighted by molar-refractivity contribution is 6.06. The Balaban J connectivity index is 2.02. The molecule has 11 nitrogen and oxygen atoms in total. The van der Waals surface area contributed by atoms with E-state index in [1.807, 2.05) is 0 Å². The molecule has 2 aromatic rings. The minimum absolute atomic E-state index is 0.0136. The lowest BCUT2D eigenvalue weighted by molar-refractivity contribution is -0.183. The quantitative estimate of drug-likeness (QED) is 0.274. The van der Waals surface area contributed by atoms with E-state index >= 15 is 0 Å². The zero-order chi connectivity index (χ0) is 28.1. The van der Waals surface area contributed by atoms with Crippen molar-refractivity contribution in [3.8, 4) is 12.3 Å². The number of carbonyl (C=O) groups is 3. The maximum atomic E-state index is 13.1. The summed E-state index contributed by atoms with van der Waals surface area (Å²) in [6.45, 7) is 5.20. The van der Waals surface area contributed by atoms with Crippen molar-refractivity contribution in [2.45, 2.75) is 58.2 Å². The van der Waals surface area contributed by atoms with Crippen LogP contribution in [-0.2, 0) is 39.8 Å². The van der Waals surface area contributed by atoms with Crippen LogP contribution in [-0.4, -0.2) is 58.3 Å². The molecule has 3 rings (SSSR count). The summed E-state index contributed by atoms with van der Waals surface area (Å²) in [6.07, 6.45) is 3.49. The van der Waals surface area contributed by atoms with Crippen molar-refractivity contribution in [2.24, 2.45) is 5.41 Å². The topological polar surface area (TPSA) is 143 Å². The van der Waals surface area contributed by atoms with Gasteiger partial charge in [0.2, 0.25) is 5.60 Å². The number of hydrogen-bond donors (Lipinski definition) is 1. The predicted octanol–water partition coefficient (Wildman–Crippen LogP) is 1.16. The zero-order valence-corrected chi connectivity index (χ0v) is 21.6. The van der Waals surface area contributed by atoms with Gasteiger partial charge in [0.1, 0.15) is 6.10 Å². The Kier molecular flexibility index (Phi) is 8.70. The Morgan fingerprint density at radius 2 is 1.87 bits per heavy atom. The van der Waals surface area contributed by atoms with Gasteiger partial charge in [-0.1, -0.05) is 36.3 Å². The van der Waals surface area contributed by atoms with Crippen molar-refractivity contribution >= 4 is 17.7 Å². The van der Waals surface area contributed by atoms with Gasteiger partial charge in [-0.15, -0.1) is 6.42 Å². The molecule has 0 bridgehead atoms. The standard InChI is InChI=1S/C27H30N2O9/c1-6-26(5)20(38-23(22(26)37-18(4)31)29-14-13-21(32)28-25(29)34)16-36-27(17(3)30,24(33)35-7-2)15-19-11-9-8-10-12-19/h1,8-14,20,22-23H,7,15-16H2,2-5H3,(H,28,32,34)/t20-,22+,23-,26+,27?/m1/s1. The first-order valence-electron chi connectivity index (χ1n) is 12.0. The van der Waals surface area contributed by atoms with Gasteiger partial charge < -0.3 is 18.9 Å². The lowest BCUT2D eigenvalue weighted by Gasteiger charge is -2.33. The third-order valence-electron chi connectivity index (χ3n) is 6.50. The number of aromatic nitrogens is 2. The van der Waals surface area contributed by atoms with Crippen LogP contribution in [0.15, 0.2) is 52.2 Å². The van der Waals surface area contributed by atoms with Crippen molar-refractivity contribution in [2.75, 3.05) is 13.2 Å².